The van der Waals surface area contributed by atoms with Gasteiger partial charge in [0.05, 0.1) is 6.61 Å². The van der Waals surface area contributed by atoms with Gasteiger partial charge in [-0.3, -0.25) is 0 Å². The second kappa shape index (κ2) is 14.3. The molecule has 0 spiro atoms. The third kappa shape index (κ3) is 11.4. The van der Waals surface area contributed by atoms with Gasteiger partial charge in [-0.05, 0) is 38.8 Å². The molecule has 0 aliphatic rings. The topological polar surface area (TPSA) is 33.7 Å². The van der Waals surface area contributed by atoms with Crippen LogP contribution < -0.4 is 5.32 Å². The molecule has 1 unspecified atom stereocenters. The van der Waals surface area contributed by atoms with E-state index < -0.39 is 0 Å². The third-order valence-corrected chi connectivity index (χ3v) is 3.45. The Labute approximate surface area is 119 Å². The van der Waals surface area contributed by atoms with Crippen molar-refractivity contribution in [1.82, 2.24) is 10.2 Å². The van der Waals surface area contributed by atoms with Crippen LogP contribution in [0.2, 0.25) is 0 Å². The molecule has 0 rings (SSSR count). The minimum Gasteiger partial charge on any atom is -0.385 e. The highest BCUT2D eigenvalue weighted by molar-refractivity contribution is 4.66. The van der Waals surface area contributed by atoms with Gasteiger partial charge >= 0.3 is 0 Å². The van der Waals surface area contributed by atoms with E-state index >= 15 is 0 Å². The summed E-state index contributed by atoms with van der Waals surface area (Å²) in [6, 6.07) is 0.674. The van der Waals surface area contributed by atoms with Crippen LogP contribution in [0.3, 0.4) is 0 Å². The van der Waals surface area contributed by atoms with E-state index in [0.29, 0.717) is 6.04 Å². The lowest BCUT2D eigenvalue weighted by Gasteiger charge is -2.23. The monoisotopic (exact) mass is 274 g/mol. The Balaban J connectivity index is 3.81. The first-order chi connectivity index (χ1) is 9.28. The Bertz CT molecular complexity index is 180. The zero-order chi connectivity index (χ0) is 14.3. The van der Waals surface area contributed by atoms with Crippen LogP contribution in [0, 0.1) is 0 Å². The van der Waals surface area contributed by atoms with Crippen molar-refractivity contribution in [1.29, 1.82) is 0 Å². The molecule has 4 heteroatoms. The van der Waals surface area contributed by atoms with Gasteiger partial charge in [-0.2, -0.15) is 0 Å². The zero-order valence-corrected chi connectivity index (χ0v) is 13.4. The normalized spacial score (nSPS) is 13.1. The quantitative estimate of drug-likeness (QED) is 0.492. The summed E-state index contributed by atoms with van der Waals surface area (Å²) in [7, 11) is 3.54. The van der Waals surface area contributed by atoms with Gasteiger partial charge in [0.2, 0.25) is 0 Å². The molecule has 0 saturated carbocycles. The predicted molar refractivity (Wildman–Crippen MR) is 81.8 cm³/mol. The van der Waals surface area contributed by atoms with Crippen LogP contribution in [0.1, 0.15) is 39.5 Å². The molecule has 1 atom stereocenters. The van der Waals surface area contributed by atoms with E-state index in [1.165, 1.54) is 19.3 Å². The van der Waals surface area contributed by atoms with E-state index in [0.717, 1.165) is 45.8 Å². The molecule has 0 saturated heterocycles. The molecule has 1 N–H and O–H groups in total. The van der Waals surface area contributed by atoms with Crippen molar-refractivity contribution in [3.63, 3.8) is 0 Å². The van der Waals surface area contributed by atoms with Crippen molar-refractivity contribution in [3.05, 3.63) is 0 Å². The summed E-state index contributed by atoms with van der Waals surface area (Å²) in [5.41, 5.74) is 0. The van der Waals surface area contributed by atoms with Gasteiger partial charge in [0.1, 0.15) is 0 Å². The SMILES string of the molecule is CCNC(CC)CCCN(CCCOC)CCOC. The van der Waals surface area contributed by atoms with E-state index in [2.05, 4.69) is 24.1 Å². The summed E-state index contributed by atoms with van der Waals surface area (Å²) >= 11 is 0. The van der Waals surface area contributed by atoms with Crippen LogP contribution in [-0.2, 0) is 9.47 Å². The van der Waals surface area contributed by atoms with Gasteiger partial charge < -0.3 is 19.7 Å². The minimum atomic E-state index is 0.674. The average molecular weight is 274 g/mol. The molecular formula is C15H34N2O2. The molecule has 0 amide bonds. The van der Waals surface area contributed by atoms with Crippen LogP contribution in [0.15, 0.2) is 0 Å². The highest BCUT2D eigenvalue weighted by Gasteiger charge is 2.07. The first kappa shape index (κ1) is 18.8. The summed E-state index contributed by atoms with van der Waals surface area (Å²) in [6.45, 7) is 10.5. The summed E-state index contributed by atoms with van der Waals surface area (Å²) in [6.07, 6.45) is 4.83. The molecule has 0 aromatic rings. The summed E-state index contributed by atoms with van der Waals surface area (Å²) in [4.78, 5) is 2.49. The molecule has 0 aliphatic carbocycles. The van der Waals surface area contributed by atoms with E-state index in [-0.39, 0.29) is 0 Å². The summed E-state index contributed by atoms with van der Waals surface area (Å²) < 4.78 is 10.3. The average Bonchev–Trinajstić information content (AvgIpc) is 2.43. The molecule has 0 bridgehead atoms. The largest absolute Gasteiger partial charge is 0.385 e. The van der Waals surface area contributed by atoms with Crippen LogP contribution in [0.5, 0.6) is 0 Å². The number of nitrogens with one attached hydrogen (secondary N) is 1. The number of ether oxygens (including phenoxy) is 2. The summed E-state index contributed by atoms with van der Waals surface area (Å²) in [5.74, 6) is 0. The maximum absolute atomic E-state index is 5.18. The Morgan fingerprint density at radius 2 is 1.63 bits per heavy atom. The maximum Gasteiger partial charge on any atom is 0.0589 e. The second-order valence-corrected chi connectivity index (χ2v) is 4.99. The standard InChI is InChI=1S/C15H34N2O2/c1-5-15(16-6-2)9-7-10-17(12-14-19-4)11-8-13-18-3/h15-16H,5-14H2,1-4H3. The van der Waals surface area contributed by atoms with Gasteiger partial charge in [-0.15, -0.1) is 0 Å². The van der Waals surface area contributed by atoms with Crippen molar-refractivity contribution < 1.29 is 9.47 Å². The fourth-order valence-corrected chi connectivity index (χ4v) is 2.29. The minimum absolute atomic E-state index is 0.674. The van der Waals surface area contributed by atoms with Crippen LogP contribution in [0.4, 0.5) is 0 Å². The van der Waals surface area contributed by atoms with Gasteiger partial charge in [0.15, 0.2) is 0 Å². The third-order valence-electron chi connectivity index (χ3n) is 3.45. The molecule has 4 nitrogen and oxygen atoms in total. The first-order valence-electron chi connectivity index (χ1n) is 7.72. The lowest BCUT2D eigenvalue weighted by molar-refractivity contribution is 0.131. The Kier molecular flexibility index (Phi) is 14.1. The molecule has 0 fully saturated rings. The van der Waals surface area contributed by atoms with Gasteiger partial charge in [-0.25, -0.2) is 0 Å². The van der Waals surface area contributed by atoms with Crippen molar-refractivity contribution in [2.75, 3.05) is 53.6 Å². The van der Waals surface area contributed by atoms with E-state index in [9.17, 15) is 0 Å². The van der Waals surface area contributed by atoms with E-state index in [1.54, 1.807) is 14.2 Å². The fraction of sp³-hybridized carbons (Fsp3) is 1.00. The highest BCUT2D eigenvalue weighted by atomic mass is 16.5. The second-order valence-electron chi connectivity index (χ2n) is 4.99. The van der Waals surface area contributed by atoms with Crippen molar-refractivity contribution >= 4 is 0 Å². The molecule has 19 heavy (non-hydrogen) atoms. The fourth-order valence-electron chi connectivity index (χ4n) is 2.29. The van der Waals surface area contributed by atoms with Crippen LogP contribution in [-0.4, -0.2) is 64.6 Å². The Morgan fingerprint density at radius 1 is 0.947 bits per heavy atom. The first-order valence-corrected chi connectivity index (χ1v) is 7.72. The number of methoxy groups -OCH3 is 2. The highest BCUT2D eigenvalue weighted by Crippen LogP contribution is 2.04. The molecule has 0 aromatic heterocycles. The predicted octanol–water partition coefficient (Wildman–Crippen LogP) is 2.14. The number of hydrogen-bond acceptors (Lipinski definition) is 4. The molecule has 116 valence electrons. The smallest absolute Gasteiger partial charge is 0.0589 e. The van der Waals surface area contributed by atoms with Crippen LogP contribution in [0.25, 0.3) is 0 Å². The van der Waals surface area contributed by atoms with Gasteiger partial charge in [-0.1, -0.05) is 13.8 Å². The molecule has 0 heterocycles. The lowest BCUT2D eigenvalue weighted by Crippen LogP contribution is -2.32. The molecular weight excluding hydrogens is 240 g/mol. The van der Waals surface area contributed by atoms with Gasteiger partial charge in [0, 0.05) is 40.0 Å². The summed E-state index contributed by atoms with van der Waals surface area (Å²) in [5, 5.41) is 3.54. The molecule has 0 aliphatic heterocycles. The Hall–Kier alpha value is -0.160. The van der Waals surface area contributed by atoms with E-state index in [1.807, 2.05) is 0 Å². The van der Waals surface area contributed by atoms with Crippen molar-refractivity contribution in [2.45, 2.75) is 45.6 Å². The van der Waals surface area contributed by atoms with Crippen molar-refractivity contribution in [2.24, 2.45) is 0 Å². The number of rotatable bonds is 14. The number of nitrogens with zero attached hydrogens (tertiary/aromatic N) is 1. The zero-order valence-electron chi connectivity index (χ0n) is 13.4. The van der Waals surface area contributed by atoms with Crippen LogP contribution >= 0.6 is 0 Å². The Morgan fingerprint density at radius 3 is 2.21 bits per heavy atom. The van der Waals surface area contributed by atoms with Gasteiger partial charge in [0.25, 0.3) is 0 Å². The van der Waals surface area contributed by atoms with E-state index in [4.69, 9.17) is 9.47 Å². The molecule has 0 aromatic carbocycles. The number of hydrogen-bond donors (Lipinski definition) is 1. The maximum atomic E-state index is 5.18. The molecule has 0 radical (unpaired) electrons. The lowest BCUT2D eigenvalue weighted by atomic mass is 10.1. The van der Waals surface area contributed by atoms with Crippen molar-refractivity contribution in [3.8, 4) is 0 Å².